The molecule has 2 heteroatoms. The molecule has 10 heavy (non-hydrogen) atoms. The molecular formula is C8H16N2. The first kappa shape index (κ1) is 6.62. The van der Waals surface area contributed by atoms with Crippen LogP contribution in [0.1, 0.15) is 25.7 Å². The number of nitrogens with two attached hydrogens (primary N) is 1. The molecule has 1 heterocycles. The molecular weight excluding hydrogens is 124 g/mol. The van der Waals surface area contributed by atoms with E-state index in [1.165, 1.54) is 25.7 Å². The summed E-state index contributed by atoms with van der Waals surface area (Å²) in [5.41, 5.74) is 5.57. The highest BCUT2D eigenvalue weighted by Gasteiger charge is 2.35. The molecule has 0 aromatic rings. The zero-order valence-corrected chi connectivity index (χ0v) is 6.34. The Kier molecular flexibility index (Phi) is 1.66. The molecule has 0 amide bonds. The molecule has 3 N–H and O–H groups in total. The third-order valence-electron chi connectivity index (χ3n) is 2.98. The van der Waals surface area contributed by atoms with Gasteiger partial charge >= 0.3 is 0 Å². The lowest BCUT2D eigenvalue weighted by atomic mass is 10.0. The summed E-state index contributed by atoms with van der Waals surface area (Å²) in [7, 11) is 0. The minimum absolute atomic E-state index is 0.635. The second-order valence-corrected chi connectivity index (χ2v) is 3.63. The Morgan fingerprint density at radius 2 is 2.30 bits per heavy atom. The van der Waals surface area contributed by atoms with Crippen LogP contribution in [0.4, 0.5) is 0 Å². The van der Waals surface area contributed by atoms with Crippen LogP contribution < -0.4 is 11.1 Å². The Morgan fingerprint density at radius 1 is 1.40 bits per heavy atom. The fraction of sp³-hybridized carbons (Fsp3) is 1.00. The van der Waals surface area contributed by atoms with Crippen molar-refractivity contribution < 1.29 is 0 Å². The van der Waals surface area contributed by atoms with E-state index in [1.807, 2.05) is 0 Å². The second-order valence-electron chi connectivity index (χ2n) is 3.63. The van der Waals surface area contributed by atoms with Gasteiger partial charge < -0.3 is 11.1 Å². The standard InChI is InChI=1S/C8H16N2/c9-5-7-4-6-2-1-3-8(6)10-7/h6-8,10H,1-5,9H2. The fourth-order valence-corrected chi connectivity index (χ4v) is 2.44. The summed E-state index contributed by atoms with van der Waals surface area (Å²) in [5.74, 6) is 0.966. The average molecular weight is 140 g/mol. The molecule has 1 saturated heterocycles. The van der Waals surface area contributed by atoms with E-state index in [0.29, 0.717) is 6.04 Å². The van der Waals surface area contributed by atoms with Gasteiger partial charge in [0, 0.05) is 18.6 Å². The van der Waals surface area contributed by atoms with Crippen molar-refractivity contribution in [1.82, 2.24) is 5.32 Å². The van der Waals surface area contributed by atoms with E-state index in [4.69, 9.17) is 5.73 Å². The van der Waals surface area contributed by atoms with E-state index in [2.05, 4.69) is 5.32 Å². The van der Waals surface area contributed by atoms with Gasteiger partial charge in [-0.05, 0) is 25.2 Å². The summed E-state index contributed by atoms with van der Waals surface area (Å²) in [5, 5.41) is 3.58. The van der Waals surface area contributed by atoms with Crippen LogP contribution in [0.15, 0.2) is 0 Å². The van der Waals surface area contributed by atoms with Crippen LogP contribution in [-0.2, 0) is 0 Å². The van der Waals surface area contributed by atoms with Crippen molar-refractivity contribution >= 4 is 0 Å². The van der Waals surface area contributed by atoms with Crippen LogP contribution in [0.2, 0.25) is 0 Å². The zero-order chi connectivity index (χ0) is 6.97. The molecule has 2 aliphatic rings. The summed E-state index contributed by atoms with van der Waals surface area (Å²) in [6.07, 6.45) is 5.59. The molecule has 1 aliphatic carbocycles. The summed E-state index contributed by atoms with van der Waals surface area (Å²) in [4.78, 5) is 0. The highest BCUT2D eigenvalue weighted by molar-refractivity contribution is 4.94. The maximum absolute atomic E-state index is 5.57. The Labute approximate surface area is 62.2 Å². The van der Waals surface area contributed by atoms with Crippen molar-refractivity contribution in [2.24, 2.45) is 11.7 Å². The second kappa shape index (κ2) is 2.51. The highest BCUT2D eigenvalue weighted by atomic mass is 15.0. The van der Waals surface area contributed by atoms with Gasteiger partial charge in [-0.25, -0.2) is 0 Å². The lowest BCUT2D eigenvalue weighted by Crippen LogP contribution is -2.34. The minimum atomic E-state index is 0.635. The van der Waals surface area contributed by atoms with Crippen LogP contribution in [0.3, 0.4) is 0 Å². The molecule has 0 aromatic carbocycles. The minimum Gasteiger partial charge on any atom is -0.329 e. The first-order valence-electron chi connectivity index (χ1n) is 4.36. The number of nitrogens with one attached hydrogen (secondary N) is 1. The van der Waals surface area contributed by atoms with Crippen LogP contribution in [-0.4, -0.2) is 18.6 Å². The van der Waals surface area contributed by atoms with Crippen molar-refractivity contribution in [3.05, 3.63) is 0 Å². The number of rotatable bonds is 1. The average Bonchev–Trinajstić information content (AvgIpc) is 2.42. The number of hydrogen-bond donors (Lipinski definition) is 2. The Morgan fingerprint density at radius 3 is 3.00 bits per heavy atom. The number of hydrogen-bond acceptors (Lipinski definition) is 2. The summed E-state index contributed by atoms with van der Waals surface area (Å²) in [6, 6.07) is 1.46. The van der Waals surface area contributed by atoms with Gasteiger partial charge in [-0.3, -0.25) is 0 Å². The zero-order valence-electron chi connectivity index (χ0n) is 6.34. The van der Waals surface area contributed by atoms with Crippen LogP contribution >= 0.6 is 0 Å². The summed E-state index contributed by atoms with van der Waals surface area (Å²) >= 11 is 0. The van der Waals surface area contributed by atoms with Gasteiger partial charge in [-0.15, -0.1) is 0 Å². The van der Waals surface area contributed by atoms with Gasteiger partial charge in [-0.2, -0.15) is 0 Å². The first-order valence-corrected chi connectivity index (χ1v) is 4.36. The molecule has 2 fully saturated rings. The summed E-state index contributed by atoms with van der Waals surface area (Å²) in [6.45, 7) is 0.826. The van der Waals surface area contributed by atoms with Crippen molar-refractivity contribution in [2.45, 2.75) is 37.8 Å². The molecule has 1 saturated carbocycles. The van der Waals surface area contributed by atoms with Gasteiger partial charge in [0.05, 0.1) is 0 Å². The van der Waals surface area contributed by atoms with E-state index >= 15 is 0 Å². The highest BCUT2D eigenvalue weighted by Crippen LogP contribution is 2.34. The van der Waals surface area contributed by atoms with E-state index in [-0.39, 0.29) is 0 Å². The van der Waals surface area contributed by atoms with Crippen LogP contribution in [0.5, 0.6) is 0 Å². The molecule has 0 bridgehead atoms. The van der Waals surface area contributed by atoms with Crippen molar-refractivity contribution in [1.29, 1.82) is 0 Å². The molecule has 3 atom stereocenters. The Hall–Kier alpha value is -0.0800. The Balaban J connectivity index is 1.94. The maximum Gasteiger partial charge on any atom is 0.0196 e. The van der Waals surface area contributed by atoms with Crippen LogP contribution in [0, 0.1) is 5.92 Å². The van der Waals surface area contributed by atoms with Gasteiger partial charge in [0.25, 0.3) is 0 Å². The topological polar surface area (TPSA) is 38.0 Å². The lowest BCUT2D eigenvalue weighted by molar-refractivity contribution is 0.516. The molecule has 2 nitrogen and oxygen atoms in total. The SMILES string of the molecule is NCC1CC2CCCC2N1. The molecule has 0 radical (unpaired) electrons. The Bertz CT molecular complexity index is 112. The largest absolute Gasteiger partial charge is 0.329 e. The molecule has 1 aliphatic heterocycles. The smallest absolute Gasteiger partial charge is 0.0196 e. The van der Waals surface area contributed by atoms with E-state index in [1.54, 1.807) is 0 Å². The molecule has 0 aromatic heterocycles. The van der Waals surface area contributed by atoms with Gasteiger partial charge in [-0.1, -0.05) is 6.42 Å². The molecule has 2 rings (SSSR count). The van der Waals surface area contributed by atoms with E-state index in [9.17, 15) is 0 Å². The predicted octanol–water partition coefficient (Wildman–Crippen LogP) is 0.476. The third kappa shape index (κ3) is 0.956. The monoisotopic (exact) mass is 140 g/mol. The predicted molar refractivity (Wildman–Crippen MR) is 41.7 cm³/mol. The van der Waals surface area contributed by atoms with Gasteiger partial charge in [0.15, 0.2) is 0 Å². The van der Waals surface area contributed by atoms with Crippen LogP contribution in [0.25, 0.3) is 0 Å². The molecule has 58 valence electrons. The van der Waals surface area contributed by atoms with Crippen molar-refractivity contribution in [2.75, 3.05) is 6.54 Å². The van der Waals surface area contributed by atoms with Gasteiger partial charge in [0.1, 0.15) is 0 Å². The molecule has 3 unspecified atom stereocenters. The van der Waals surface area contributed by atoms with Crippen molar-refractivity contribution in [3.63, 3.8) is 0 Å². The fourth-order valence-electron chi connectivity index (χ4n) is 2.44. The van der Waals surface area contributed by atoms with E-state index < -0.39 is 0 Å². The number of fused-ring (bicyclic) bond motifs is 1. The van der Waals surface area contributed by atoms with Crippen molar-refractivity contribution in [3.8, 4) is 0 Å². The van der Waals surface area contributed by atoms with Gasteiger partial charge in [0.2, 0.25) is 0 Å². The third-order valence-corrected chi connectivity index (χ3v) is 2.98. The maximum atomic E-state index is 5.57. The lowest BCUT2D eigenvalue weighted by Gasteiger charge is -2.09. The quantitative estimate of drug-likeness (QED) is 0.556. The first-order chi connectivity index (χ1) is 4.90. The van der Waals surface area contributed by atoms with E-state index in [0.717, 1.165) is 18.5 Å². The molecule has 0 spiro atoms. The normalized spacial score (nSPS) is 45.9. The summed E-state index contributed by atoms with van der Waals surface area (Å²) < 4.78 is 0.